The Morgan fingerprint density at radius 3 is 2.69 bits per heavy atom. The van der Waals surface area contributed by atoms with Gasteiger partial charge in [-0.1, -0.05) is 0 Å². The van der Waals surface area contributed by atoms with Crippen molar-refractivity contribution in [3.8, 4) is 0 Å². The zero-order chi connectivity index (χ0) is 20.4. The number of fused-ring (bicyclic) bond motifs is 1. The molecule has 3 N–H and O–H groups in total. The lowest BCUT2D eigenvalue weighted by atomic mass is 10.1. The Bertz CT molecular complexity index is 1140. The molecule has 1 aliphatic heterocycles. The number of aromatic amines is 1. The van der Waals surface area contributed by atoms with Gasteiger partial charge in [0.05, 0.1) is 11.8 Å². The van der Waals surface area contributed by atoms with E-state index < -0.39 is 0 Å². The molecule has 0 unspecified atom stereocenters. The maximum Gasteiger partial charge on any atom is 0.262 e. The van der Waals surface area contributed by atoms with Gasteiger partial charge in [0.25, 0.3) is 11.5 Å². The predicted octanol–water partition coefficient (Wildman–Crippen LogP) is 1.94. The van der Waals surface area contributed by atoms with E-state index in [0.717, 1.165) is 12.8 Å². The van der Waals surface area contributed by atoms with Gasteiger partial charge in [0, 0.05) is 37.3 Å². The van der Waals surface area contributed by atoms with Gasteiger partial charge in [0.15, 0.2) is 0 Å². The molecule has 29 heavy (non-hydrogen) atoms. The summed E-state index contributed by atoms with van der Waals surface area (Å²) in [5.41, 5.74) is 1.28. The highest BCUT2D eigenvalue weighted by Gasteiger charge is 2.23. The quantitative estimate of drug-likeness (QED) is 0.624. The Balaban J connectivity index is 1.76. The minimum Gasteiger partial charge on any atom is -0.355 e. The highest BCUT2D eigenvalue weighted by atomic mass is 16.2. The third-order valence-electron chi connectivity index (χ3n) is 4.85. The van der Waals surface area contributed by atoms with Gasteiger partial charge in [0.2, 0.25) is 5.91 Å². The first-order valence-electron chi connectivity index (χ1n) is 9.35. The van der Waals surface area contributed by atoms with Crippen LogP contribution in [0.5, 0.6) is 0 Å². The largest absolute Gasteiger partial charge is 0.355 e. The molecule has 0 spiro atoms. The second-order valence-electron chi connectivity index (χ2n) is 6.74. The number of anilines is 3. The van der Waals surface area contributed by atoms with E-state index in [1.54, 1.807) is 42.3 Å². The van der Waals surface area contributed by atoms with Crippen LogP contribution < -0.4 is 21.1 Å². The second kappa shape index (κ2) is 7.70. The van der Waals surface area contributed by atoms with Crippen LogP contribution in [0.2, 0.25) is 0 Å². The highest BCUT2D eigenvalue weighted by Crippen LogP contribution is 2.27. The summed E-state index contributed by atoms with van der Waals surface area (Å²) in [5, 5.41) is 5.99. The molecule has 2 aromatic heterocycles. The number of nitrogens with zero attached hydrogens (tertiary/aromatic N) is 3. The zero-order valence-corrected chi connectivity index (χ0v) is 15.9. The van der Waals surface area contributed by atoms with Crippen molar-refractivity contribution >= 4 is 40.0 Å². The van der Waals surface area contributed by atoms with Crippen molar-refractivity contribution in [1.29, 1.82) is 0 Å². The fraction of sp³-hybridized carbons (Fsp3) is 0.250. The first-order chi connectivity index (χ1) is 14.1. The van der Waals surface area contributed by atoms with Crippen LogP contribution in [-0.4, -0.2) is 40.4 Å². The third kappa shape index (κ3) is 3.66. The minimum absolute atomic E-state index is 0.00817. The smallest absolute Gasteiger partial charge is 0.262 e. The van der Waals surface area contributed by atoms with Gasteiger partial charge in [-0.25, -0.2) is 9.97 Å². The minimum atomic E-state index is -0.330. The van der Waals surface area contributed by atoms with Gasteiger partial charge >= 0.3 is 0 Å². The number of carbonyl (C=O) groups is 2. The second-order valence-corrected chi connectivity index (χ2v) is 6.74. The maximum absolute atomic E-state index is 12.4. The molecule has 148 valence electrons. The summed E-state index contributed by atoms with van der Waals surface area (Å²) in [6, 6.07) is 8.45. The number of H-pyrrole nitrogens is 1. The molecule has 0 bridgehead atoms. The number of carbonyl (C=O) groups excluding carboxylic acids is 2. The molecule has 0 radical (unpaired) electrons. The van der Waals surface area contributed by atoms with Gasteiger partial charge in [-0.05, 0) is 37.1 Å². The van der Waals surface area contributed by atoms with E-state index in [4.69, 9.17) is 0 Å². The van der Waals surface area contributed by atoms with Gasteiger partial charge in [0.1, 0.15) is 17.0 Å². The zero-order valence-electron chi connectivity index (χ0n) is 15.9. The molecule has 9 heteroatoms. The number of hydrogen-bond donors (Lipinski definition) is 3. The SMILES string of the molecule is CNC(=O)c1ccc(Nc2nc(N3CCCCC3=O)cc3nc[nH]c(=O)c23)cc1. The molecule has 0 saturated carbocycles. The molecule has 0 aliphatic carbocycles. The summed E-state index contributed by atoms with van der Waals surface area (Å²) in [6.07, 6.45) is 3.57. The van der Waals surface area contributed by atoms with E-state index in [2.05, 4.69) is 25.6 Å². The molecule has 9 nitrogen and oxygen atoms in total. The van der Waals surface area contributed by atoms with Crippen LogP contribution >= 0.6 is 0 Å². The van der Waals surface area contributed by atoms with Crippen molar-refractivity contribution in [3.63, 3.8) is 0 Å². The molecular weight excluding hydrogens is 372 g/mol. The highest BCUT2D eigenvalue weighted by molar-refractivity contribution is 5.98. The average molecular weight is 392 g/mol. The van der Waals surface area contributed by atoms with E-state index in [1.165, 1.54) is 6.33 Å². The van der Waals surface area contributed by atoms with Gasteiger partial charge in [-0.2, -0.15) is 0 Å². The molecule has 3 aromatic rings. The van der Waals surface area contributed by atoms with Crippen molar-refractivity contribution in [2.24, 2.45) is 0 Å². The van der Waals surface area contributed by atoms with Gasteiger partial charge < -0.3 is 15.6 Å². The van der Waals surface area contributed by atoms with Crippen LogP contribution in [0, 0.1) is 0 Å². The fourth-order valence-corrected chi connectivity index (χ4v) is 3.34. The van der Waals surface area contributed by atoms with Crippen molar-refractivity contribution in [2.45, 2.75) is 19.3 Å². The number of hydrogen-bond acceptors (Lipinski definition) is 6. The number of piperidine rings is 1. The molecule has 1 saturated heterocycles. The Hall–Kier alpha value is -3.75. The number of rotatable bonds is 4. The van der Waals surface area contributed by atoms with E-state index in [1.807, 2.05) is 0 Å². The monoisotopic (exact) mass is 392 g/mol. The molecule has 0 atom stereocenters. The molecule has 1 aromatic carbocycles. The van der Waals surface area contributed by atoms with E-state index in [-0.39, 0.29) is 17.4 Å². The van der Waals surface area contributed by atoms with Gasteiger partial charge in [-0.3, -0.25) is 19.3 Å². The van der Waals surface area contributed by atoms with Crippen LogP contribution in [0.4, 0.5) is 17.3 Å². The van der Waals surface area contributed by atoms with Crippen molar-refractivity contribution in [2.75, 3.05) is 23.8 Å². The maximum atomic E-state index is 12.4. The van der Waals surface area contributed by atoms with E-state index >= 15 is 0 Å². The first kappa shape index (κ1) is 18.6. The molecule has 1 fully saturated rings. The molecular formula is C20H20N6O3. The Morgan fingerprint density at radius 1 is 1.17 bits per heavy atom. The number of aromatic nitrogens is 3. The van der Waals surface area contributed by atoms with Crippen LogP contribution in [0.1, 0.15) is 29.6 Å². The summed E-state index contributed by atoms with van der Waals surface area (Å²) >= 11 is 0. The van der Waals surface area contributed by atoms with E-state index in [0.29, 0.717) is 46.8 Å². The first-order valence-corrected chi connectivity index (χ1v) is 9.35. The Kier molecular flexibility index (Phi) is 4.94. The number of nitrogens with one attached hydrogen (secondary N) is 3. The summed E-state index contributed by atoms with van der Waals surface area (Å²) in [7, 11) is 1.57. The van der Waals surface area contributed by atoms with Crippen molar-refractivity contribution < 1.29 is 9.59 Å². The van der Waals surface area contributed by atoms with Crippen LogP contribution in [0.3, 0.4) is 0 Å². The number of amides is 2. The summed E-state index contributed by atoms with van der Waals surface area (Å²) in [4.78, 5) is 49.5. The van der Waals surface area contributed by atoms with Crippen LogP contribution in [-0.2, 0) is 4.79 Å². The normalized spacial score (nSPS) is 14.1. The van der Waals surface area contributed by atoms with Crippen LogP contribution in [0.25, 0.3) is 10.9 Å². The third-order valence-corrected chi connectivity index (χ3v) is 4.85. The number of pyridine rings is 1. The molecule has 2 amide bonds. The van der Waals surface area contributed by atoms with Crippen LogP contribution in [0.15, 0.2) is 41.5 Å². The Morgan fingerprint density at radius 2 is 1.97 bits per heavy atom. The molecule has 4 rings (SSSR count). The molecule has 3 heterocycles. The lowest BCUT2D eigenvalue weighted by Gasteiger charge is -2.26. The standard InChI is InChI=1S/C20H20N6O3/c1-21-19(28)12-5-7-13(8-6-12)24-18-17-14(22-11-23-20(17)29)10-15(25-18)26-9-3-2-4-16(26)27/h5-8,10-11H,2-4,9H2,1H3,(H,21,28)(H,24,25)(H,22,23,29). The summed E-state index contributed by atoms with van der Waals surface area (Å²) < 4.78 is 0. The summed E-state index contributed by atoms with van der Waals surface area (Å²) in [6.45, 7) is 0.584. The molecule has 1 aliphatic rings. The summed E-state index contributed by atoms with van der Waals surface area (Å²) in [5.74, 6) is 0.586. The predicted molar refractivity (Wildman–Crippen MR) is 109 cm³/mol. The van der Waals surface area contributed by atoms with Crippen molar-refractivity contribution in [1.82, 2.24) is 20.3 Å². The fourth-order valence-electron chi connectivity index (χ4n) is 3.34. The topological polar surface area (TPSA) is 120 Å². The van der Waals surface area contributed by atoms with E-state index in [9.17, 15) is 14.4 Å². The lowest BCUT2D eigenvalue weighted by molar-refractivity contribution is -0.119. The Labute approximate surface area is 166 Å². The van der Waals surface area contributed by atoms with Crippen molar-refractivity contribution in [3.05, 3.63) is 52.6 Å². The average Bonchev–Trinajstić information content (AvgIpc) is 2.74. The lowest BCUT2D eigenvalue weighted by Crippen LogP contribution is -2.36. The van der Waals surface area contributed by atoms with Gasteiger partial charge in [-0.15, -0.1) is 0 Å². The number of benzene rings is 1.